The van der Waals surface area contributed by atoms with Crippen molar-refractivity contribution in [2.45, 2.75) is 38.1 Å². The topological polar surface area (TPSA) is 29.5 Å². The normalized spacial score (nSPS) is 17.5. The number of hydrogen-bond acceptors (Lipinski definition) is 3. The molecule has 2 rings (SSSR count). The van der Waals surface area contributed by atoms with Crippen molar-refractivity contribution in [2.24, 2.45) is 0 Å². The van der Waals surface area contributed by atoms with Crippen LogP contribution in [0.3, 0.4) is 0 Å². The first-order valence-electron chi connectivity index (χ1n) is 7.07. The van der Waals surface area contributed by atoms with Crippen LogP contribution in [0.2, 0.25) is 0 Å². The van der Waals surface area contributed by atoms with Crippen LogP contribution in [0.1, 0.15) is 42.9 Å². The van der Waals surface area contributed by atoms with E-state index in [9.17, 15) is 4.79 Å². The molecule has 0 unspecified atom stereocenters. The highest BCUT2D eigenvalue weighted by Crippen LogP contribution is 2.34. The number of esters is 1. The molecule has 3 heteroatoms. The Hall–Kier alpha value is -1.35. The Labute approximate surface area is 115 Å². The van der Waals surface area contributed by atoms with Gasteiger partial charge < -0.3 is 4.74 Å². The fourth-order valence-corrected chi connectivity index (χ4v) is 2.88. The summed E-state index contributed by atoms with van der Waals surface area (Å²) in [5.41, 5.74) is 2.98. The summed E-state index contributed by atoms with van der Waals surface area (Å²) in [5.74, 6) is -0.103. The van der Waals surface area contributed by atoms with Gasteiger partial charge in [0.15, 0.2) is 0 Å². The largest absolute Gasteiger partial charge is 0.469 e. The monoisotopic (exact) mass is 261 g/mol. The lowest BCUT2D eigenvalue weighted by Gasteiger charge is -2.25. The first kappa shape index (κ1) is 14.1. The molecule has 0 aliphatic heterocycles. The molecule has 3 nitrogen and oxygen atoms in total. The minimum absolute atomic E-state index is 0.103. The van der Waals surface area contributed by atoms with E-state index < -0.39 is 0 Å². The van der Waals surface area contributed by atoms with Crippen molar-refractivity contribution in [3.63, 3.8) is 0 Å². The fraction of sp³-hybridized carbons (Fsp3) is 0.562. The number of aryl methyl sites for hydroxylation is 1. The molecule has 0 heterocycles. The van der Waals surface area contributed by atoms with Crippen molar-refractivity contribution in [3.8, 4) is 0 Å². The number of benzene rings is 1. The van der Waals surface area contributed by atoms with Gasteiger partial charge in [0.05, 0.1) is 7.11 Å². The molecule has 0 amide bonds. The number of ether oxygens (including phenoxy) is 1. The van der Waals surface area contributed by atoms with Gasteiger partial charge in [-0.25, -0.2) is 0 Å². The van der Waals surface area contributed by atoms with E-state index in [4.69, 9.17) is 0 Å². The van der Waals surface area contributed by atoms with Crippen LogP contribution in [-0.2, 0) is 16.0 Å². The van der Waals surface area contributed by atoms with Crippen molar-refractivity contribution in [2.75, 3.05) is 20.7 Å². The molecule has 0 spiro atoms. The first-order chi connectivity index (χ1) is 9.22. The van der Waals surface area contributed by atoms with Gasteiger partial charge in [-0.3, -0.25) is 9.69 Å². The zero-order valence-electron chi connectivity index (χ0n) is 11.9. The lowest BCUT2D eigenvalue weighted by molar-refractivity contribution is -0.140. The van der Waals surface area contributed by atoms with Crippen LogP contribution in [0, 0.1) is 0 Å². The predicted molar refractivity (Wildman–Crippen MR) is 76.0 cm³/mol. The molecule has 19 heavy (non-hydrogen) atoms. The Morgan fingerprint density at radius 1 is 1.37 bits per heavy atom. The Morgan fingerprint density at radius 3 is 2.95 bits per heavy atom. The Bertz CT molecular complexity index is 431. The Balaban J connectivity index is 1.78. The third-order valence-electron chi connectivity index (χ3n) is 4.00. The Kier molecular flexibility index (Phi) is 4.97. The fourth-order valence-electron chi connectivity index (χ4n) is 2.88. The molecular weight excluding hydrogens is 238 g/mol. The van der Waals surface area contributed by atoms with Crippen LogP contribution in [0.25, 0.3) is 0 Å². The maximum Gasteiger partial charge on any atom is 0.305 e. The highest BCUT2D eigenvalue weighted by atomic mass is 16.5. The highest BCUT2D eigenvalue weighted by molar-refractivity contribution is 5.68. The lowest BCUT2D eigenvalue weighted by Crippen LogP contribution is -2.24. The Morgan fingerprint density at radius 2 is 2.16 bits per heavy atom. The third-order valence-corrected chi connectivity index (χ3v) is 4.00. The third kappa shape index (κ3) is 3.57. The van der Waals surface area contributed by atoms with E-state index in [-0.39, 0.29) is 5.97 Å². The molecule has 1 aliphatic carbocycles. The molecule has 104 valence electrons. The highest BCUT2D eigenvalue weighted by Gasteiger charge is 2.24. The van der Waals surface area contributed by atoms with Crippen molar-refractivity contribution < 1.29 is 9.53 Å². The minimum Gasteiger partial charge on any atom is -0.469 e. The van der Waals surface area contributed by atoms with Crippen molar-refractivity contribution in [1.29, 1.82) is 0 Å². The van der Waals surface area contributed by atoms with Crippen LogP contribution in [0.5, 0.6) is 0 Å². The van der Waals surface area contributed by atoms with E-state index in [1.165, 1.54) is 31.1 Å². The number of unbranched alkanes of at least 4 members (excludes halogenated alkanes) is 1. The van der Waals surface area contributed by atoms with Gasteiger partial charge in [0.25, 0.3) is 0 Å². The standard InChI is InChI=1S/C16H23NO2/c1-17(12-6-5-9-16(18)19-2)15-11-10-13-7-3-4-8-14(13)15/h3-4,7-8,15H,5-6,9-12H2,1-2H3/t15-/m1/s1. The molecule has 0 saturated heterocycles. The zero-order valence-corrected chi connectivity index (χ0v) is 11.9. The van der Waals surface area contributed by atoms with Crippen LogP contribution in [-0.4, -0.2) is 31.6 Å². The van der Waals surface area contributed by atoms with Crippen LogP contribution in [0.4, 0.5) is 0 Å². The van der Waals surface area contributed by atoms with E-state index >= 15 is 0 Å². The average Bonchev–Trinajstić information content (AvgIpc) is 2.87. The van der Waals surface area contributed by atoms with Crippen LogP contribution >= 0.6 is 0 Å². The summed E-state index contributed by atoms with van der Waals surface area (Å²) in [6.45, 7) is 1.04. The predicted octanol–water partition coefficient (Wildman–Crippen LogP) is 2.95. The maximum absolute atomic E-state index is 11.0. The van der Waals surface area contributed by atoms with Crippen molar-refractivity contribution in [3.05, 3.63) is 35.4 Å². The molecule has 1 atom stereocenters. The van der Waals surface area contributed by atoms with Crippen molar-refractivity contribution in [1.82, 2.24) is 4.90 Å². The van der Waals surface area contributed by atoms with Gasteiger partial charge in [-0.1, -0.05) is 24.3 Å². The summed E-state index contributed by atoms with van der Waals surface area (Å²) in [6, 6.07) is 9.28. The second-order valence-corrected chi connectivity index (χ2v) is 5.27. The van der Waals surface area contributed by atoms with Gasteiger partial charge >= 0.3 is 5.97 Å². The van der Waals surface area contributed by atoms with Crippen molar-refractivity contribution >= 4 is 5.97 Å². The molecule has 0 saturated carbocycles. The molecular formula is C16H23NO2. The molecule has 0 N–H and O–H groups in total. The van der Waals surface area contributed by atoms with Gasteiger partial charge in [-0.15, -0.1) is 0 Å². The first-order valence-corrected chi connectivity index (χ1v) is 7.07. The number of rotatable bonds is 6. The number of hydrogen-bond donors (Lipinski definition) is 0. The van der Waals surface area contributed by atoms with Crippen LogP contribution < -0.4 is 0 Å². The van der Waals surface area contributed by atoms with Gasteiger partial charge in [0, 0.05) is 12.5 Å². The lowest BCUT2D eigenvalue weighted by atomic mass is 10.1. The molecule has 1 aliphatic rings. The smallest absolute Gasteiger partial charge is 0.305 e. The summed E-state index contributed by atoms with van der Waals surface area (Å²) in [4.78, 5) is 13.5. The number of fused-ring (bicyclic) bond motifs is 1. The minimum atomic E-state index is -0.103. The van der Waals surface area contributed by atoms with Gasteiger partial charge in [0.1, 0.15) is 0 Å². The molecule has 1 aromatic carbocycles. The molecule has 1 aromatic rings. The summed E-state index contributed by atoms with van der Waals surface area (Å²) in [7, 11) is 3.63. The van der Waals surface area contributed by atoms with Gasteiger partial charge in [-0.2, -0.15) is 0 Å². The summed E-state index contributed by atoms with van der Waals surface area (Å²) in [5, 5.41) is 0. The second-order valence-electron chi connectivity index (χ2n) is 5.27. The number of carbonyl (C=O) groups is 1. The molecule has 0 bridgehead atoms. The molecule has 0 fully saturated rings. The number of carbonyl (C=O) groups excluding carboxylic acids is 1. The zero-order chi connectivity index (χ0) is 13.7. The average molecular weight is 261 g/mol. The SMILES string of the molecule is COC(=O)CCCCN(C)[C@@H]1CCc2ccccc21. The summed E-state index contributed by atoms with van der Waals surface area (Å²) < 4.78 is 4.65. The van der Waals surface area contributed by atoms with Crippen LogP contribution in [0.15, 0.2) is 24.3 Å². The van der Waals surface area contributed by atoms with Gasteiger partial charge in [0.2, 0.25) is 0 Å². The number of methoxy groups -OCH3 is 1. The molecule has 0 aromatic heterocycles. The second kappa shape index (κ2) is 6.71. The molecule has 0 radical (unpaired) electrons. The van der Waals surface area contributed by atoms with E-state index in [0.29, 0.717) is 12.5 Å². The van der Waals surface area contributed by atoms with E-state index in [1.54, 1.807) is 0 Å². The van der Waals surface area contributed by atoms with E-state index in [2.05, 4.69) is 40.9 Å². The van der Waals surface area contributed by atoms with Gasteiger partial charge in [-0.05, 0) is 50.4 Å². The van der Waals surface area contributed by atoms with E-state index in [1.807, 2.05) is 0 Å². The quantitative estimate of drug-likeness (QED) is 0.582. The van der Waals surface area contributed by atoms with E-state index in [0.717, 1.165) is 19.4 Å². The summed E-state index contributed by atoms with van der Waals surface area (Å²) in [6.07, 6.45) is 4.89. The maximum atomic E-state index is 11.0. The summed E-state index contributed by atoms with van der Waals surface area (Å²) >= 11 is 0. The number of nitrogens with zero attached hydrogens (tertiary/aromatic N) is 1.